The Morgan fingerprint density at radius 3 is 2.00 bits per heavy atom. The van der Waals surface area contributed by atoms with Gasteiger partial charge < -0.3 is 0 Å². The van der Waals surface area contributed by atoms with Crippen molar-refractivity contribution in [3.63, 3.8) is 0 Å². The van der Waals surface area contributed by atoms with E-state index in [1.807, 2.05) is 6.92 Å². The Labute approximate surface area is 87.6 Å². The molecule has 0 aromatic rings. The van der Waals surface area contributed by atoms with E-state index in [2.05, 4.69) is 16.8 Å². The van der Waals surface area contributed by atoms with Gasteiger partial charge in [-0.25, -0.2) is 9.78 Å². The highest BCUT2D eigenvalue weighted by atomic mass is 17.5. The van der Waals surface area contributed by atoms with Gasteiger partial charge in [-0.3, -0.25) is 0 Å². The molecule has 0 unspecified atom stereocenters. The van der Waals surface area contributed by atoms with Crippen molar-refractivity contribution in [1.29, 1.82) is 0 Å². The molecule has 86 valence electrons. The molecule has 0 aliphatic rings. The third-order valence-electron chi connectivity index (χ3n) is 2.05. The molecule has 0 fully saturated rings. The number of hydrogen-bond acceptors (Lipinski definition) is 3. The topological polar surface area (TPSA) is 27.7 Å². The third-order valence-corrected chi connectivity index (χ3v) is 2.05. The normalized spacial score (nSPS) is 10.7. The second kappa shape index (κ2) is 12.9. The molecule has 0 aromatic carbocycles. The van der Waals surface area contributed by atoms with E-state index in [0.717, 1.165) is 6.42 Å². The van der Waals surface area contributed by atoms with Crippen molar-refractivity contribution in [2.75, 3.05) is 13.2 Å². The molecule has 0 spiro atoms. The van der Waals surface area contributed by atoms with Gasteiger partial charge in [-0.15, -0.1) is 0 Å². The first-order chi connectivity index (χ1) is 6.91. The zero-order chi connectivity index (χ0) is 10.5. The number of rotatable bonds is 11. The average molecular weight is 204 g/mol. The first kappa shape index (κ1) is 13.9. The Morgan fingerprint density at radius 1 is 0.714 bits per heavy atom. The molecule has 0 radical (unpaired) electrons. The van der Waals surface area contributed by atoms with E-state index in [4.69, 9.17) is 4.89 Å². The van der Waals surface area contributed by atoms with Crippen LogP contribution in [0.3, 0.4) is 0 Å². The van der Waals surface area contributed by atoms with Crippen LogP contribution >= 0.6 is 0 Å². The maximum atomic E-state index is 4.78. The summed E-state index contributed by atoms with van der Waals surface area (Å²) >= 11 is 0. The van der Waals surface area contributed by atoms with Crippen LogP contribution in [0.1, 0.15) is 58.8 Å². The number of unbranched alkanes of at least 4 members (excludes halogenated alkanes) is 6. The van der Waals surface area contributed by atoms with Gasteiger partial charge in [-0.05, 0) is 13.3 Å². The average Bonchev–Trinajstić information content (AvgIpc) is 2.21. The SMILES string of the molecule is CCCCCCCCCOOOCC. The Hall–Kier alpha value is -0.120. The van der Waals surface area contributed by atoms with Gasteiger partial charge in [0.15, 0.2) is 0 Å². The molecule has 0 amide bonds. The summed E-state index contributed by atoms with van der Waals surface area (Å²) in [5.74, 6) is 0. The zero-order valence-corrected chi connectivity index (χ0v) is 9.59. The maximum absolute atomic E-state index is 4.78. The lowest BCUT2D eigenvalue weighted by Gasteiger charge is -2.01. The fourth-order valence-corrected chi connectivity index (χ4v) is 1.23. The standard InChI is InChI=1S/C11H24O3/c1-3-5-6-7-8-9-10-11-13-14-12-4-2/h3-11H2,1-2H3. The van der Waals surface area contributed by atoms with Crippen LogP contribution in [0.2, 0.25) is 0 Å². The van der Waals surface area contributed by atoms with Crippen LogP contribution in [0.15, 0.2) is 0 Å². The fourth-order valence-electron chi connectivity index (χ4n) is 1.23. The molecule has 0 bridgehead atoms. The van der Waals surface area contributed by atoms with Crippen LogP contribution in [0, 0.1) is 0 Å². The van der Waals surface area contributed by atoms with E-state index in [1.165, 1.54) is 38.5 Å². The van der Waals surface area contributed by atoms with Crippen LogP contribution in [0.25, 0.3) is 0 Å². The van der Waals surface area contributed by atoms with E-state index in [1.54, 1.807) is 0 Å². The van der Waals surface area contributed by atoms with Gasteiger partial charge in [-0.1, -0.05) is 50.5 Å². The first-order valence-electron chi connectivity index (χ1n) is 5.82. The largest absolute Gasteiger partial charge is 0.206 e. The van der Waals surface area contributed by atoms with Crippen molar-refractivity contribution < 1.29 is 14.8 Å². The lowest BCUT2D eigenvalue weighted by molar-refractivity contribution is -0.511. The molecule has 0 aromatic heterocycles. The monoisotopic (exact) mass is 204 g/mol. The molecule has 3 nitrogen and oxygen atoms in total. The zero-order valence-electron chi connectivity index (χ0n) is 9.59. The first-order valence-corrected chi connectivity index (χ1v) is 5.82. The molecule has 0 rings (SSSR count). The molecule has 0 N–H and O–H groups in total. The van der Waals surface area contributed by atoms with Gasteiger partial charge in [0.05, 0.1) is 13.2 Å². The molecular weight excluding hydrogens is 180 g/mol. The van der Waals surface area contributed by atoms with E-state index >= 15 is 0 Å². The van der Waals surface area contributed by atoms with E-state index < -0.39 is 0 Å². The van der Waals surface area contributed by atoms with Crippen molar-refractivity contribution >= 4 is 0 Å². The van der Waals surface area contributed by atoms with Gasteiger partial charge in [-0.2, -0.15) is 0 Å². The van der Waals surface area contributed by atoms with E-state index in [-0.39, 0.29) is 0 Å². The van der Waals surface area contributed by atoms with Crippen molar-refractivity contribution in [2.45, 2.75) is 58.8 Å². The molecule has 0 aliphatic carbocycles. The van der Waals surface area contributed by atoms with Crippen molar-refractivity contribution in [1.82, 2.24) is 0 Å². The maximum Gasteiger partial charge on any atom is 0.0853 e. The van der Waals surface area contributed by atoms with Crippen molar-refractivity contribution in [2.24, 2.45) is 0 Å². The fraction of sp³-hybridized carbons (Fsp3) is 1.00. The molecule has 0 heterocycles. The van der Waals surface area contributed by atoms with Crippen LogP contribution < -0.4 is 0 Å². The summed E-state index contributed by atoms with van der Waals surface area (Å²) in [5.41, 5.74) is 0. The van der Waals surface area contributed by atoms with Crippen LogP contribution in [-0.4, -0.2) is 13.2 Å². The highest BCUT2D eigenvalue weighted by molar-refractivity contribution is 4.43. The summed E-state index contributed by atoms with van der Waals surface area (Å²) in [6, 6.07) is 0. The Kier molecular flexibility index (Phi) is 12.8. The van der Waals surface area contributed by atoms with Crippen LogP contribution in [0.5, 0.6) is 0 Å². The summed E-state index contributed by atoms with van der Waals surface area (Å²) in [6.07, 6.45) is 8.97. The van der Waals surface area contributed by atoms with Gasteiger partial charge in [0.1, 0.15) is 0 Å². The smallest absolute Gasteiger partial charge is 0.0853 e. The molecule has 14 heavy (non-hydrogen) atoms. The van der Waals surface area contributed by atoms with Gasteiger partial charge in [0, 0.05) is 0 Å². The van der Waals surface area contributed by atoms with E-state index in [0.29, 0.717) is 13.2 Å². The second-order valence-electron chi connectivity index (χ2n) is 3.42. The Bertz CT molecular complexity index is 84.5. The van der Waals surface area contributed by atoms with Gasteiger partial charge in [0.25, 0.3) is 0 Å². The Morgan fingerprint density at radius 2 is 1.36 bits per heavy atom. The predicted octanol–water partition coefficient (Wildman–Crippen LogP) is 3.64. The second-order valence-corrected chi connectivity index (χ2v) is 3.42. The van der Waals surface area contributed by atoms with Crippen LogP contribution in [0.4, 0.5) is 0 Å². The minimum absolute atomic E-state index is 0.525. The van der Waals surface area contributed by atoms with Gasteiger partial charge in [0.2, 0.25) is 0 Å². The summed E-state index contributed by atoms with van der Waals surface area (Å²) in [5, 5.41) is 4.43. The Balaban J connectivity index is 2.78. The quantitative estimate of drug-likeness (QED) is 0.292. The van der Waals surface area contributed by atoms with Crippen LogP contribution in [-0.2, 0) is 14.8 Å². The molecule has 0 aliphatic heterocycles. The lowest BCUT2D eigenvalue weighted by atomic mass is 10.1. The summed E-state index contributed by atoms with van der Waals surface area (Å²) in [7, 11) is 0. The predicted molar refractivity (Wildman–Crippen MR) is 56.7 cm³/mol. The highest BCUT2D eigenvalue weighted by Crippen LogP contribution is 2.06. The molecule has 0 saturated carbocycles. The molecule has 0 saturated heterocycles. The molecule has 3 heteroatoms. The van der Waals surface area contributed by atoms with Gasteiger partial charge >= 0.3 is 0 Å². The molecular formula is C11H24O3. The number of hydrogen-bond donors (Lipinski definition) is 0. The lowest BCUT2D eigenvalue weighted by Crippen LogP contribution is -1.98. The third kappa shape index (κ3) is 11.9. The minimum atomic E-state index is 0.525. The molecule has 0 atom stereocenters. The minimum Gasteiger partial charge on any atom is -0.206 e. The van der Waals surface area contributed by atoms with Crippen molar-refractivity contribution in [3.05, 3.63) is 0 Å². The summed E-state index contributed by atoms with van der Waals surface area (Å²) in [4.78, 5) is 9.35. The van der Waals surface area contributed by atoms with E-state index in [9.17, 15) is 0 Å². The summed E-state index contributed by atoms with van der Waals surface area (Å²) in [6.45, 7) is 5.25. The summed E-state index contributed by atoms with van der Waals surface area (Å²) < 4.78 is 0. The highest BCUT2D eigenvalue weighted by Gasteiger charge is 1.92. The van der Waals surface area contributed by atoms with Crippen molar-refractivity contribution in [3.8, 4) is 0 Å².